The molecular weight excluding hydrogens is 278 g/mol. The van der Waals surface area contributed by atoms with E-state index in [0.29, 0.717) is 0 Å². The van der Waals surface area contributed by atoms with Gasteiger partial charge in [-0.1, -0.05) is 6.07 Å². The van der Waals surface area contributed by atoms with Crippen molar-refractivity contribution in [2.75, 3.05) is 0 Å². The molecule has 0 amide bonds. The van der Waals surface area contributed by atoms with Crippen molar-refractivity contribution in [1.29, 1.82) is 0 Å². The summed E-state index contributed by atoms with van der Waals surface area (Å²) in [5.41, 5.74) is 4.05. The zero-order chi connectivity index (χ0) is 15.6. The molecule has 4 nitrogen and oxygen atoms in total. The number of rotatable bonds is 4. The van der Waals surface area contributed by atoms with E-state index in [1.54, 1.807) is 4.68 Å². The van der Waals surface area contributed by atoms with Crippen LogP contribution >= 0.6 is 0 Å². The lowest BCUT2D eigenvalue weighted by Gasteiger charge is -2.20. The van der Waals surface area contributed by atoms with E-state index in [9.17, 15) is 0 Å². The predicted molar refractivity (Wildman–Crippen MR) is 90.4 cm³/mol. The Morgan fingerprint density at radius 1 is 1.24 bits per heavy atom. The third-order valence-electron chi connectivity index (χ3n) is 2.93. The first-order valence-corrected chi connectivity index (χ1v) is 10.5. The van der Waals surface area contributed by atoms with Crippen molar-refractivity contribution in [3.05, 3.63) is 41.2 Å². The summed E-state index contributed by atoms with van der Waals surface area (Å²) >= 11 is 0. The molecule has 0 unspecified atom stereocenters. The number of nitrogens with zero attached hydrogens (tertiary/aromatic N) is 3. The van der Waals surface area contributed by atoms with E-state index < -0.39 is 8.32 Å². The topological polar surface area (TPSA) is 39.4 Å². The SMILES string of the molecule is Cc1ccc(/N=C/c2cn(C)nc2C)c(O[Si](C)(C)C)c1. The molecule has 0 bridgehead atoms. The Bertz CT molecular complexity index is 669. The summed E-state index contributed by atoms with van der Waals surface area (Å²) in [7, 11) is 0.255. The number of hydrogen-bond acceptors (Lipinski definition) is 3. The molecule has 0 spiro atoms. The van der Waals surface area contributed by atoms with Gasteiger partial charge in [-0.3, -0.25) is 9.67 Å². The number of benzene rings is 1. The van der Waals surface area contributed by atoms with Crippen molar-refractivity contribution in [1.82, 2.24) is 9.78 Å². The third kappa shape index (κ3) is 4.29. The molecule has 21 heavy (non-hydrogen) atoms. The fourth-order valence-electron chi connectivity index (χ4n) is 2.02. The second kappa shape index (κ2) is 5.85. The molecule has 0 aliphatic heterocycles. The van der Waals surface area contributed by atoms with E-state index in [4.69, 9.17) is 4.43 Å². The molecular formula is C16H23N3OSi. The van der Waals surface area contributed by atoms with Gasteiger partial charge < -0.3 is 4.43 Å². The number of aromatic nitrogens is 2. The van der Waals surface area contributed by atoms with Crippen LogP contribution in [-0.4, -0.2) is 24.3 Å². The van der Waals surface area contributed by atoms with E-state index in [2.05, 4.69) is 48.8 Å². The van der Waals surface area contributed by atoms with E-state index in [0.717, 1.165) is 22.7 Å². The molecule has 0 fully saturated rings. The predicted octanol–water partition coefficient (Wildman–Crippen LogP) is 4.00. The highest BCUT2D eigenvalue weighted by molar-refractivity contribution is 6.70. The van der Waals surface area contributed by atoms with Crippen LogP contribution in [0.2, 0.25) is 19.6 Å². The molecule has 0 aliphatic carbocycles. The minimum absolute atomic E-state index is 0.867. The van der Waals surface area contributed by atoms with Crippen LogP contribution in [-0.2, 0) is 7.05 Å². The zero-order valence-electron chi connectivity index (χ0n) is 13.6. The van der Waals surface area contributed by atoms with Crippen molar-refractivity contribution < 1.29 is 4.43 Å². The van der Waals surface area contributed by atoms with Gasteiger partial charge in [-0.2, -0.15) is 5.10 Å². The average molecular weight is 301 g/mol. The van der Waals surface area contributed by atoms with Gasteiger partial charge in [0.2, 0.25) is 8.32 Å². The van der Waals surface area contributed by atoms with Gasteiger partial charge in [0.25, 0.3) is 0 Å². The summed E-state index contributed by atoms with van der Waals surface area (Å²) in [5.74, 6) is 0.868. The van der Waals surface area contributed by atoms with Gasteiger partial charge in [0.15, 0.2) is 0 Å². The van der Waals surface area contributed by atoms with E-state index in [-0.39, 0.29) is 0 Å². The summed E-state index contributed by atoms with van der Waals surface area (Å²) in [6, 6.07) is 6.12. The molecule has 2 rings (SSSR count). The summed E-state index contributed by atoms with van der Waals surface area (Å²) < 4.78 is 7.94. The fourth-order valence-corrected chi connectivity index (χ4v) is 2.85. The van der Waals surface area contributed by atoms with Crippen molar-refractivity contribution in [2.45, 2.75) is 33.5 Å². The summed E-state index contributed by atoms with van der Waals surface area (Å²) in [6.07, 6.45) is 3.82. The molecule has 1 heterocycles. The molecule has 0 N–H and O–H groups in total. The van der Waals surface area contributed by atoms with Crippen LogP contribution in [0.1, 0.15) is 16.8 Å². The van der Waals surface area contributed by atoms with Crippen molar-refractivity contribution in [3.63, 3.8) is 0 Å². The Morgan fingerprint density at radius 2 is 1.95 bits per heavy atom. The summed E-state index contributed by atoms with van der Waals surface area (Å²) in [4.78, 5) is 4.59. The Hall–Kier alpha value is -1.88. The maximum absolute atomic E-state index is 6.14. The van der Waals surface area contributed by atoms with E-state index >= 15 is 0 Å². The van der Waals surface area contributed by atoms with Crippen molar-refractivity contribution in [3.8, 4) is 5.75 Å². The number of aliphatic imine (C=N–C) groups is 1. The third-order valence-corrected chi connectivity index (χ3v) is 3.76. The van der Waals surface area contributed by atoms with Crippen LogP contribution in [0, 0.1) is 13.8 Å². The maximum atomic E-state index is 6.14. The minimum Gasteiger partial charge on any atom is -0.543 e. The largest absolute Gasteiger partial charge is 0.543 e. The quantitative estimate of drug-likeness (QED) is 0.632. The summed E-state index contributed by atoms with van der Waals surface area (Å²) in [6.45, 7) is 10.6. The Morgan fingerprint density at radius 3 is 2.52 bits per heavy atom. The maximum Gasteiger partial charge on any atom is 0.242 e. The van der Waals surface area contributed by atoms with Crippen LogP contribution in [0.4, 0.5) is 5.69 Å². The minimum atomic E-state index is -1.66. The van der Waals surface area contributed by atoms with Crippen molar-refractivity contribution >= 4 is 20.2 Å². The van der Waals surface area contributed by atoms with E-state index in [1.165, 1.54) is 5.56 Å². The lowest BCUT2D eigenvalue weighted by Crippen LogP contribution is -2.29. The van der Waals surface area contributed by atoms with Crippen LogP contribution in [0.5, 0.6) is 5.75 Å². The lowest BCUT2D eigenvalue weighted by molar-refractivity contribution is 0.558. The van der Waals surface area contributed by atoms with Gasteiger partial charge in [0.05, 0.1) is 5.69 Å². The van der Waals surface area contributed by atoms with Crippen molar-refractivity contribution in [2.24, 2.45) is 12.0 Å². The lowest BCUT2D eigenvalue weighted by atomic mass is 10.2. The Kier molecular flexibility index (Phi) is 4.32. The molecule has 2 aromatic rings. The molecule has 1 aromatic carbocycles. The van der Waals surface area contributed by atoms with Gasteiger partial charge in [0, 0.05) is 25.0 Å². The second-order valence-electron chi connectivity index (χ2n) is 6.29. The molecule has 0 saturated carbocycles. The van der Waals surface area contributed by atoms with Crippen LogP contribution in [0.3, 0.4) is 0 Å². The normalized spacial score (nSPS) is 12.1. The van der Waals surface area contributed by atoms with Gasteiger partial charge >= 0.3 is 0 Å². The average Bonchev–Trinajstić information content (AvgIpc) is 2.65. The molecule has 0 radical (unpaired) electrons. The van der Waals surface area contributed by atoms with Gasteiger partial charge in [-0.05, 0) is 51.2 Å². The second-order valence-corrected chi connectivity index (χ2v) is 10.7. The highest BCUT2D eigenvalue weighted by Crippen LogP contribution is 2.30. The van der Waals surface area contributed by atoms with Gasteiger partial charge in [-0.15, -0.1) is 0 Å². The first-order chi connectivity index (χ1) is 9.74. The first kappa shape index (κ1) is 15.5. The first-order valence-electron chi connectivity index (χ1n) is 7.08. The monoisotopic (exact) mass is 301 g/mol. The number of aryl methyl sites for hydroxylation is 3. The van der Waals surface area contributed by atoms with Crippen LogP contribution < -0.4 is 4.43 Å². The highest BCUT2D eigenvalue weighted by atomic mass is 28.4. The Balaban J connectivity index is 2.33. The number of hydrogen-bond donors (Lipinski definition) is 0. The van der Waals surface area contributed by atoms with Crippen LogP contribution in [0.25, 0.3) is 0 Å². The molecule has 0 saturated heterocycles. The highest BCUT2D eigenvalue weighted by Gasteiger charge is 2.18. The summed E-state index contributed by atoms with van der Waals surface area (Å²) in [5, 5.41) is 4.32. The zero-order valence-corrected chi connectivity index (χ0v) is 14.6. The smallest absolute Gasteiger partial charge is 0.242 e. The standard InChI is InChI=1S/C16H23N3OSi/c1-12-7-8-15(16(9-12)20-21(4,5)6)17-10-14-11-19(3)18-13(14)2/h7-11H,1-6H3/b17-10+. The molecule has 5 heteroatoms. The fraction of sp³-hybridized carbons (Fsp3) is 0.375. The molecule has 1 aromatic heterocycles. The van der Waals surface area contributed by atoms with E-state index in [1.807, 2.05) is 32.4 Å². The Labute approximate surface area is 127 Å². The molecule has 0 atom stereocenters. The van der Waals surface area contributed by atoms with Gasteiger partial charge in [-0.25, -0.2) is 0 Å². The molecule has 112 valence electrons. The van der Waals surface area contributed by atoms with Crippen LogP contribution in [0.15, 0.2) is 29.4 Å². The van der Waals surface area contributed by atoms with Gasteiger partial charge in [0.1, 0.15) is 11.4 Å². The molecule has 0 aliphatic rings.